The Hall–Kier alpha value is -1.35. The smallest absolute Gasteiger partial charge is 0.308 e. The molecule has 15 heavy (non-hydrogen) atoms. The van der Waals surface area contributed by atoms with E-state index in [1.54, 1.807) is 0 Å². The van der Waals surface area contributed by atoms with Crippen LogP contribution >= 0.6 is 0 Å². The van der Waals surface area contributed by atoms with Gasteiger partial charge in [-0.05, 0) is 12.6 Å². The standard InChI is InChI=1S/C12H15NO2/c1-13-7-10(11(8-13)12(14)15)9-5-3-2-4-6-9/h2-6,10-11H,7-8H2,1H3,(H,14,15). The lowest BCUT2D eigenvalue weighted by atomic mass is 9.89. The van der Waals surface area contributed by atoms with E-state index in [9.17, 15) is 4.79 Å². The van der Waals surface area contributed by atoms with Gasteiger partial charge in [0.05, 0.1) is 5.92 Å². The van der Waals surface area contributed by atoms with E-state index in [4.69, 9.17) is 5.11 Å². The second-order valence-corrected chi connectivity index (χ2v) is 4.18. The fourth-order valence-corrected chi connectivity index (χ4v) is 2.29. The quantitative estimate of drug-likeness (QED) is 0.793. The van der Waals surface area contributed by atoms with Crippen LogP contribution in [0.4, 0.5) is 0 Å². The Morgan fingerprint density at radius 2 is 2.00 bits per heavy atom. The molecule has 80 valence electrons. The maximum absolute atomic E-state index is 11.1. The number of hydrogen-bond acceptors (Lipinski definition) is 2. The van der Waals surface area contributed by atoms with Gasteiger partial charge in [0.2, 0.25) is 0 Å². The summed E-state index contributed by atoms with van der Waals surface area (Å²) < 4.78 is 0. The lowest BCUT2D eigenvalue weighted by molar-refractivity contribution is -0.141. The SMILES string of the molecule is CN1CC(C(=O)O)C(c2ccccc2)C1. The first-order valence-corrected chi connectivity index (χ1v) is 5.15. The highest BCUT2D eigenvalue weighted by Crippen LogP contribution is 2.31. The Bertz CT molecular complexity index is 350. The molecule has 1 aliphatic rings. The summed E-state index contributed by atoms with van der Waals surface area (Å²) in [7, 11) is 1.97. The molecule has 1 saturated heterocycles. The van der Waals surface area contributed by atoms with Crippen molar-refractivity contribution in [2.45, 2.75) is 5.92 Å². The van der Waals surface area contributed by atoms with Crippen LogP contribution in [0.1, 0.15) is 11.5 Å². The van der Waals surface area contributed by atoms with E-state index in [0.717, 1.165) is 12.1 Å². The van der Waals surface area contributed by atoms with Gasteiger partial charge in [0.15, 0.2) is 0 Å². The average molecular weight is 205 g/mol. The zero-order valence-electron chi connectivity index (χ0n) is 8.76. The van der Waals surface area contributed by atoms with Gasteiger partial charge in [-0.15, -0.1) is 0 Å². The minimum Gasteiger partial charge on any atom is -0.481 e. The third-order valence-corrected chi connectivity index (χ3v) is 3.05. The van der Waals surface area contributed by atoms with Crippen LogP contribution in [0.2, 0.25) is 0 Å². The fraction of sp³-hybridized carbons (Fsp3) is 0.417. The van der Waals surface area contributed by atoms with Crippen molar-refractivity contribution in [2.24, 2.45) is 5.92 Å². The molecule has 2 rings (SSSR count). The first kappa shape index (κ1) is 10.2. The molecule has 3 nitrogen and oxygen atoms in total. The van der Waals surface area contributed by atoms with Crippen LogP contribution in [-0.4, -0.2) is 36.1 Å². The molecule has 1 aromatic rings. The first-order chi connectivity index (χ1) is 7.18. The summed E-state index contributed by atoms with van der Waals surface area (Å²) >= 11 is 0. The third kappa shape index (κ3) is 2.02. The van der Waals surface area contributed by atoms with Crippen LogP contribution in [0.5, 0.6) is 0 Å². The number of carbonyl (C=O) groups is 1. The molecule has 1 fully saturated rings. The zero-order chi connectivity index (χ0) is 10.8. The molecular weight excluding hydrogens is 190 g/mol. The van der Waals surface area contributed by atoms with Gasteiger partial charge in [-0.2, -0.15) is 0 Å². The average Bonchev–Trinajstić information content (AvgIpc) is 2.62. The minimum atomic E-state index is -0.687. The van der Waals surface area contributed by atoms with Gasteiger partial charge in [-0.1, -0.05) is 30.3 Å². The molecular formula is C12H15NO2. The molecule has 0 aromatic heterocycles. The molecule has 0 bridgehead atoms. The van der Waals surface area contributed by atoms with E-state index in [1.165, 1.54) is 0 Å². The Balaban J connectivity index is 2.24. The van der Waals surface area contributed by atoms with Crippen LogP contribution in [0, 0.1) is 5.92 Å². The summed E-state index contributed by atoms with van der Waals surface area (Å²) in [6, 6.07) is 9.91. The second kappa shape index (κ2) is 4.03. The Labute approximate surface area is 89.3 Å². The largest absolute Gasteiger partial charge is 0.481 e. The number of benzene rings is 1. The summed E-state index contributed by atoms with van der Waals surface area (Å²) in [5.74, 6) is -0.820. The molecule has 1 N–H and O–H groups in total. The predicted octanol–water partition coefficient (Wildman–Crippen LogP) is 1.42. The number of carboxylic acids is 1. The topological polar surface area (TPSA) is 40.5 Å². The Morgan fingerprint density at radius 1 is 1.33 bits per heavy atom. The Kier molecular flexibility index (Phi) is 2.73. The first-order valence-electron chi connectivity index (χ1n) is 5.15. The fourth-order valence-electron chi connectivity index (χ4n) is 2.29. The van der Waals surface area contributed by atoms with Gasteiger partial charge in [0.1, 0.15) is 0 Å². The summed E-state index contributed by atoms with van der Waals surface area (Å²) in [5.41, 5.74) is 1.13. The minimum absolute atomic E-state index is 0.133. The van der Waals surface area contributed by atoms with Crippen LogP contribution in [0.15, 0.2) is 30.3 Å². The molecule has 2 unspecified atom stereocenters. The summed E-state index contributed by atoms with van der Waals surface area (Å²) in [6.07, 6.45) is 0. The summed E-state index contributed by atoms with van der Waals surface area (Å²) in [4.78, 5) is 13.2. The highest BCUT2D eigenvalue weighted by molar-refractivity contribution is 5.72. The summed E-state index contributed by atoms with van der Waals surface area (Å²) in [6.45, 7) is 1.48. The van der Waals surface area contributed by atoms with Crippen molar-refractivity contribution >= 4 is 5.97 Å². The van der Waals surface area contributed by atoms with Crippen LogP contribution in [-0.2, 0) is 4.79 Å². The van der Waals surface area contributed by atoms with E-state index in [2.05, 4.69) is 4.90 Å². The molecule has 0 spiro atoms. The number of carboxylic acid groups (broad SMARTS) is 1. The highest BCUT2D eigenvalue weighted by Gasteiger charge is 2.36. The lowest BCUT2D eigenvalue weighted by Crippen LogP contribution is -2.21. The van der Waals surface area contributed by atoms with Crippen molar-refractivity contribution in [1.29, 1.82) is 0 Å². The Morgan fingerprint density at radius 3 is 2.60 bits per heavy atom. The molecule has 0 saturated carbocycles. The van der Waals surface area contributed by atoms with E-state index >= 15 is 0 Å². The maximum atomic E-state index is 11.1. The highest BCUT2D eigenvalue weighted by atomic mass is 16.4. The number of hydrogen-bond donors (Lipinski definition) is 1. The number of rotatable bonds is 2. The van der Waals surface area contributed by atoms with E-state index < -0.39 is 5.97 Å². The van der Waals surface area contributed by atoms with Crippen LogP contribution in [0.3, 0.4) is 0 Å². The van der Waals surface area contributed by atoms with Gasteiger partial charge < -0.3 is 10.0 Å². The molecule has 3 heteroatoms. The molecule has 1 heterocycles. The van der Waals surface area contributed by atoms with Crippen molar-refractivity contribution in [3.63, 3.8) is 0 Å². The van der Waals surface area contributed by atoms with Crippen molar-refractivity contribution in [2.75, 3.05) is 20.1 Å². The van der Waals surface area contributed by atoms with Gasteiger partial charge >= 0.3 is 5.97 Å². The summed E-state index contributed by atoms with van der Waals surface area (Å²) in [5, 5.41) is 9.14. The van der Waals surface area contributed by atoms with Gasteiger partial charge in [0.25, 0.3) is 0 Å². The number of nitrogens with zero attached hydrogens (tertiary/aromatic N) is 1. The molecule has 1 aliphatic heterocycles. The zero-order valence-corrected chi connectivity index (χ0v) is 8.76. The van der Waals surface area contributed by atoms with E-state index in [0.29, 0.717) is 6.54 Å². The van der Waals surface area contributed by atoms with E-state index in [1.807, 2.05) is 37.4 Å². The number of likely N-dealkylation sites (tertiary alicyclic amines) is 1. The van der Waals surface area contributed by atoms with Crippen molar-refractivity contribution in [3.8, 4) is 0 Å². The maximum Gasteiger partial charge on any atom is 0.308 e. The van der Waals surface area contributed by atoms with Crippen molar-refractivity contribution in [1.82, 2.24) is 4.90 Å². The lowest BCUT2D eigenvalue weighted by Gasteiger charge is -2.14. The molecule has 1 aromatic carbocycles. The normalized spacial score (nSPS) is 26.7. The molecule has 0 amide bonds. The number of aliphatic carboxylic acids is 1. The van der Waals surface area contributed by atoms with Crippen molar-refractivity contribution < 1.29 is 9.90 Å². The molecule has 0 radical (unpaired) electrons. The van der Waals surface area contributed by atoms with Gasteiger partial charge in [-0.25, -0.2) is 0 Å². The van der Waals surface area contributed by atoms with Crippen LogP contribution in [0.25, 0.3) is 0 Å². The third-order valence-electron chi connectivity index (χ3n) is 3.05. The van der Waals surface area contributed by atoms with Crippen LogP contribution < -0.4 is 0 Å². The molecule has 0 aliphatic carbocycles. The molecule has 2 atom stereocenters. The monoisotopic (exact) mass is 205 g/mol. The van der Waals surface area contributed by atoms with E-state index in [-0.39, 0.29) is 11.8 Å². The number of likely N-dealkylation sites (N-methyl/N-ethyl adjacent to an activating group) is 1. The predicted molar refractivity (Wildman–Crippen MR) is 57.8 cm³/mol. The van der Waals surface area contributed by atoms with Gasteiger partial charge in [-0.3, -0.25) is 4.79 Å². The van der Waals surface area contributed by atoms with Crippen molar-refractivity contribution in [3.05, 3.63) is 35.9 Å². The van der Waals surface area contributed by atoms with Gasteiger partial charge in [0, 0.05) is 19.0 Å². The second-order valence-electron chi connectivity index (χ2n) is 4.18.